The fourth-order valence-electron chi connectivity index (χ4n) is 5.22. The molecule has 0 aliphatic carbocycles. The standard InChI is InChI=1S/C18H28O3Si3.C15H18O3Si.C12H12O3Si.C3H10OSi.H2O/c1-23(2,3)20-22(21-24(4,5)6)18-14-12-17(13-15-18)19-16-10-8-7-9-11-16;1-16-19(3,17-2)15-11-9-14(10-12-15)18-13-7-5-4-6-8-13;13-16(14)12-8-6-11(7-9-12)15-10-4-2-1-3-5-10;1-5(2,3)4;/h7-15,22H,1-6H3;4-12H,1-3H3;1-9,13-14,16H;4H,1-3H3;1H2. The number of rotatable bonds is 15. The Hall–Kier alpha value is -4.30. The van der Waals surface area contributed by atoms with Crippen molar-refractivity contribution < 1.29 is 51.2 Å². The fourth-order valence-corrected chi connectivity index (χ4v) is 14.5. The summed E-state index contributed by atoms with van der Waals surface area (Å²) < 4.78 is 41.0. The van der Waals surface area contributed by atoms with Crippen molar-refractivity contribution in [1.29, 1.82) is 0 Å². The topological polar surface area (TPSA) is 157 Å². The molecular weight excluding hydrogens is 921 g/mol. The van der Waals surface area contributed by atoms with E-state index in [4.69, 9.17) is 45.7 Å². The molecule has 65 heavy (non-hydrogen) atoms. The van der Waals surface area contributed by atoms with Crippen LogP contribution in [0.25, 0.3) is 0 Å². The van der Waals surface area contributed by atoms with Crippen molar-refractivity contribution in [2.75, 3.05) is 14.2 Å². The Balaban J connectivity index is 0.000000321. The molecule has 0 spiro atoms. The predicted molar refractivity (Wildman–Crippen MR) is 280 cm³/mol. The highest BCUT2D eigenvalue weighted by Crippen LogP contribution is 2.23. The van der Waals surface area contributed by atoms with E-state index in [2.05, 4.69) is 51.4 Å². The minimum atomic E-state index is -2.69. The quantitative estimate of drug-likeness (QED) is 0.0853. The maximum atomic E-state index is 9.06. The van der Waals surface area contributed by atoms with Crippen molar-refractivity contribution in [3.05, 3.63) is 164 Å². The summed E-state index contributed by atoms with van der Waals surface area (Å²) >= 11 is 0. The van der Waals surface area contributed by atoms with Gasteiger partial charge >= 0.3 is 27.1 Å². The molecule has 5 N–H and O–H groups in total. The molecule has 0 saturated heterocycles. The first kappa shape index (κ1) is 56.8. The summed E-state index contributed by atoms with van der Waals surface area (Å²) in [6, 6.07) is 51.9. The summed E-state index contributed by atoms with van der Waals surface area (Å²) in [5.74, 6) is 4.75. The maximum absolute atomic E-state index is 9.06. The summed E-state index contributed by atoms with van der Waals surface area (Å²) in [6.07, 6.45) is 0. The molecule has 0 radical (unpaired) electrons. The summed E-state index contributed by atoms with van der Waals surface area (Å²) in [6.45, 7) is 21.0. The lowest BCUT2D eigenvalue weighted by atomic mass is 10.3. The first-order chi connectivity index (χ1) is 30.1. The largest absolute Gasteiger partial charge is 0.457 e. The van der Waals surface area contributed by atoms with E-state index >= 15 is 0 Å². The van der Waals surface area contributed by atoms with Crippen LogP contribution in [0.2, 0.25) is 65.5 Å². The first-order valence-corrected chi connectivity index (χ1v) is 36.8. The van der Waals surface area contributed by atoms with E-state index in [1.807, 2.05) is 154 Å². The van der Waals surface area contributed by atoms with Crippen LogP contribution >= 0.6 is 0 Å². The first-order valence-electron chi connectivity index (χ1n) is 21.1. The van der Waals surface area contributed by atoms with Crippen LogP contribution < -0.4 is 29.8 Å². The predicted octanol–water partition coefficient (Wildman–Crippen LogP) is 8.54. The molecule has 0 aromatic heterocycles. The van der Waals surface area contributed by atoms with Crippen molar-refractivity contribution in [2.45, 2.75) is 65.5 Å². The Morgan fingerprint density at radius 2 is 0.646 bits per heavy atom. The average molecular weight is 992 g/mol. The van der Waals surface area contributed by atoms with Crippen molar-refractivity contribution in [3.8, 4) is 34.5 Å². The molecule has 6 aromatic carbocycles. The second kappa shape index (κ2) is 27.4. The zero-order chi connectivity index (χ0) is 47.4. The highest BCUT2D eigenvalue weighted by atomic mass is 28.4. The van der Waals surface area contributed by atoms with E-state index in [0.717, 1.165) is 33.9 Å². The van der Waals surface area contributed by atoms with Gasteiger partial charge in [-0.15, -0.1) is 0 Å². The van der Waals surface area contributed by atoms with Gasteiger partial charge in [-0.3, -0.25) is 0 Å². The van der Waals surface area contributed by atoms with E-state index < -0.39 is 52.1 Å². The molecule has 6 aromatic rings. The lowest BCUT2D eigenvalue weighted by molar-refractivity contribution is 0.265. The number of ether oxygens (including phenoxy) is 3. The van der Waals surface area contributed by atoms with Gasteiger partial charge < -0.3 is 51.2 Å². The van der Waals surface area contributed by atoms with E-state index in [9.17, 15) is 0 Å². The molecule has 0 saturated carbocycles. The normalized spacial score (nSPS) is 11.4. The zero-order valence-corrected chi connectivity index (χ0v) is 46.3. The van der Waals surface area contributed by atoms with Gasteiger partial charge in [-0.2, -0.15) is 0 Å². The molecule has 0 unspecified atom stereocenters. The van der Waals surface area contributed by atoms with Crippen LogP contribution in [0.3, 0.4) is 0 Å². The van der Waals surface area contributed by atoms with E-state index in [-0.39, 0.29) is 5.48 Å². The van der Waals surface area contributed by atoms with Crippen LogP contribution in [0.1, 0.15) is 0 Å². The van der Waals surface area contributed by atoms with Gasteiger partial charge in [-0.1, -0.05) is 91.0 Å². The molecule has 0 atom stereocenters. The van der Waals surface area contributed by atoms with Gasteiger partial charge in [0.15, 0.2) is 25.0 Å². The van der Waals surface area contributed by atoms with Crippen molar-refractivity contribution in [2.24, 2.45) is 0 Å². The van der Waals surface area contributed by atoms with Crippen molar-refractivity contribution >= 4 is 67.6 Å². The minimum Gasteiger partial charge on any atom is -0.457 e. The highest BCUT2D eigenvalue weighted by molar-refractivity contribution is 6.85. The molecule has 17 heteroatoms. The number of hydrogen-bond acceptors (Lipinski definition) is 10. The highest BCUT2D eigenvalue weighted by Gasteiger charge is 2.32. The molecule has 0 aliphatic rings. The van der Waals surface area contributed by atoms with Gasteiger partial charge in [0, 0.05) is 14.2 Å². The van der Waals surface area contributed by atoms with E-state index in [0.29, 0.717) is 10.9 Å². The Morgan fingerprint density at radius 3 is 0.908 bits per heavy atom. The zero-order valence-electron chi connectivity index (χ0n) is 39.9. The molecule has 0 bridgehead atoms. The Kier molecular flexibility index (Phi) is 23.9. The fraction of sp³-hybridized carbons (Fsp3) is 0.250. The smallest absolute Gasteiger partial charge is 0.368 e. The van der Waals surface area contributed by atoms with E-state index in [1.165, 1.54) is 5.19 Å². The van der Waals surface area contributed by atoms with Crippen LogP contribution in [0.5, 0.6) is 34.5 Å². The van der Waals surface area contributed by atoms with Crippen molar-refractivity contribution in [3.63, 3.8) is 0 Å². The summed E-state index contributed by atoms with van der Waals surface area (Å²) in [7, 11) is -8.35. The SMILES string of the molecule is CO[Si](C)(OC)c1ccc(Oc2ccccc2)cc1.C[Si](C)(C)O.C[Si](C)(C)O[SiH](O[Si](C)(C)C)c1ccc(Oc2ccccc2)cc1.O.O[SiH](O)c1ccc(Oc2ccccc2)cc1. The van der Waals surface area contributed by atoms with Gasteiger partial charge in [-0.05, 0) is 154 Å². The lowest BCUT2D eigenvalue weighted by Crippen LogP contribution is -2.49. The second-order valence-corrected chi connectivity index (χ2v) is 38.3. The monoisotopic (exact) mass is 990 g/mol. The van der Waals surface area contributed by atoms with Crippen LogP contribution in [0.4, 0.5) is 0 Å². The lowest BCUT2D eigenvalue weighted by Gasteiger charge is -2.30. The molecule has 0 amide bonds. The van der Waals surface area contributed by atoms with Gasteiger partial charge in [-0.25, -0.2) is 0 Å². The van der Waals surface area contributed by atoms with Crippen LogP contribution in [-0.4, -0.2) is 86.2 Å². The Bertz CT molecular complexity index is 2140. The summed E-state index contributed by atoms with van der Waals surface area (Å²) in [5, 5.41) is 2.85. The van der Waals surface area contributed by atoms with Gasteiger partial charge in [0.05, 0.1) is 0 Å². The van der Waals surface area contributed by atoms with Crippen LogP contribution in [-0.2, 0) is 17.1 Å². The van der Waals surface area contributed by atoms with E-state index in [1.54, 1.807) is 38.5 Å². The Labute approximate surface area is 394 Å². The number of hydrogen-bond donors (Lipinski definition) is 3. The summed E-state index contributed by atoms with van der Waals surface area (Å²) in [5.41, 5.74) is 0. The van der Waals surface area contributed by atoms with Crippen LogP contribution in [0, 0.1) is 0 Å². The molecule has 352 valence electrons. The summed E-state index contributed by atoms with van der Waals surface area (Å²) in [4.78, 5) is 26.8. The van der Waals surface area contributed by atoms with Crippen molar-refractivity contribution in [1.82, 2.24) is 0 Å². The molecule has 0 aliphatic heterocycles. The minimum absolute atomic E-state index is 0. The molecule has 6 rings (SSSR count). The number of para-hydroxylation sites is 3. The number of benzene rings is 6. The Morgan fingerprint density at radius 1 is 0.385 bits per heavy atom. The molecule has 0 heterocycles. The second-order valence-electron chi connectivity index (χ2n) is 17.6. The third-order valence-corrected chi connectivity index (χ3v) is 20.6. The molecule has 11 nitrogen and oxygen atoms in total. The third kappa shape index (κ3) is 23.6. The van der Waals surface area contributed by atoms with Crippen LogP contribution in [0.15, 0.2) is 164 Å². The van der Waals surface area contributed by atoms with Gasteiger partial charge in [0.25, 0.3) is 0 Å². The maximum Gasteiger partial charge on any atom is 0.368 e. The van der Waals surface area contributed by atoms with Gasteiger partial charge in [0.1, 0.15) is 34.5 Å². The third-order valence-electron chi connectivity index (χ3n) is 8.35. The molecule has 0 fully saturated rings. The average Bonchev–Trinajstić information content (AvgIpc) is 3.24. The molecular formula is C48H70O11Si6. The van der Waals surface area contributed by atoms with Gasteiger partial charge in [0.2, 0.25) is 0 Å².